The summed E-state index contributed by atoms with van der Waals surface area (Å²) in [7, 11) is -2.85. The quantitative estimate of drug-likeness (QED) is 0.817. The van der Waals surface area contributed by atoms with E-state index in [0.717, 1.165) is 0 Å². The molecule has 1 saturated heterocycles. The molecular formula is C10H16N2O4S. The molecule has 0 aromatic carbocycles. The summed E-state index contributed by atoms with van der Waals surface area (Å²) in [6.07, 6.45) is 1.01. The van der Waals surface area contributed by atoms with Gasteiger partial charge in [-0.25, -0.2) is 8.42 Å². The average Bonchev–Trinajstić information content (AvgIpc) is 2.73. The lowest BCUT2D eigenvalue weighted by Gasteiger charge is -2.01. The van der Waals surface area contributed by atoms with Gasteiger partial charge in [-0.3, -0.25) is 0 Å². The van der Waals surface area contributed by atoms with Crippen LogP contribution in [0.1, 0.15) is 25.1 Å². The highest BCUT2D eigenvalue weighted by atomic mass is 32.2. The molecule has 2 heterocycles. The Bertz CT molecular complexity index is 480. The largest absolute Gasteiger partial charge is 0.393 e. The van der Waals surface area contributed by atoms with Crippen LogP contribution >= 0.6 is 0 Å². The summed E-state index contributed by atoms with van der Waals surface area (Å²) >= 11 is 0. The lowest BCUT2D eigenvalue weighted by molar-refractivity contribution is 0.181. The Kier molecular flexibility index (Phi) is 3.48. The van der Waals surface area contributed by atoms with E-state index in [-0.39, 0.29) is 17.4 Å². The first-order chi connectivity index (χ1) is 7.94. The van der Waals surface area contributed by atoms with Crippen molar-refractivity contribution in [2.75, 3.05) is 11.5 Å². The van der Waals surface area contributed by atoms with Crippen LogP contribution in [-0.2, 0) is 22.7 Å². The molecule has 0 saturated carbocycles. The van der Waals surface area contributed by atoms with E-state index in [1.54, 1.807) is 6.92 Å². The predicted octanol–water partition coefficient (Wildman–Crippen LogP) is -0.0299. The zero-order valence-electron chi connectivity index (χ0n) is 9.66. The molecule has 1 aromatic heterocycles. The second-order valence-corrected chi connectivity index (χ2v) is 6.86. The number of hydrogen-bond acceptors (Lipinski definition) is 6. The van der Waals surface area contributed by atoms with Gasteiger partial charge in [-0.15, -0.1) is 0 Å². The Morgan fingerprint density at radius 2 is 2.35 bits per heavy atom. The van der Waals surface area contributed by atoms with Crippen molar-refractivity contribution in [1.82, 2.24) is 10.1 Å². The smallest absolute Gasteiger partial charge is 0.229 e. The van der Waals surface area contributed by atoms with E-state index in [2.05, 4.69) is 10.1 Å². The number of aliphatic hydroxyl groups excluding tert-OH is 1. The molecule has 1 aliphatic heterocycles. The minimum absolute atomic E-state index is 0.0944. The fourth-order valence-corrected chi connectivity index (χ4v) is 3.86. The number of aliphatic hydroxyl groups is 1. The molecule has 0 bridgehead atoms. The molecule has 6 nitrogen and oxygen atoms in total. The van der Waals surface area contributed by atoms with Gasteiger partial charge in [-0.05, 0) is 19.3 Å². The highest BCUT2D eigenvalue weighted by molar-refractivity contribution is 7.91. The standard InChI is InChI=1S/C10H16N2O4S/c1-7(13)4-10-11-9(12-16-10)5-8-2-3-17(14,15)6-8/h7-8,13H,2-6H2,1H3. The molecule has 1 N–H and O–H groups in total. The molecule has 7 heteroatoms. The summed E-state index contributed by atoms with van der Waals surface area (Å²) in [5.41, 5.74) is 0. The molecule has 1 aliphatic rings. The first-order valence-corrected chi connectivity index (χ1v) is 7.47. The number of sulfone groups is 1. The van der Waals surface area contributed by atoms with Crippen molar-refractivity contribution in [3.05, 3.63) is 11.7 Å². The number of nitrogens with zero attached hydrogens (tertiary/aromatic N) is 2. The second kappa shape index (κ2) is 4.73. The van der Waals surface area contributed by atoms with Crippen LogP contribution in [0.5, 0.6) is 0 Å². The molecule has 0 amide bonds. The van der Waals surface area contributed by atoms with E-state index in [4.69, 9.17) is 9.63 Å². The van der Waals surface area contributed by atoms with Gasteiger partial charge in [0, 0.05) is 6.42 Å². The predicted molar refractivity (Wildman–Crippen MR) is 60.1 cm³/mol. The van der Waals surface area contributed by atoms with Crippen molar-refractivity contribution in [3.63, 3.8) is 0 Å². The molecular weight excluding hydrogens is 244 g/mol. The first kappa shape index (κ1) is 12.5. The summed E-state index contributed by atoms with van der Waals surface area (Å²) in [5.74, 6) is 1.50. The zero-order valence-corrected chi connectivity index (χ0v) is 10.5. The summed E-state index contributed by atoms with van der Waals surface area (Å²) in [4.78, 5) is 4.13. The van der Waals surface area contributed by atoms with Gasteiger partial charge in [0.05, 0.1) is 24.0 Å². The summed E-state index contributed by atoms with van der Waals surface area (Å²) in [6, 6.07) is 0. The maximum atomic E-state index is 11.3. The van der Waals surface area contributed by atoms with Crippen LogP contribution in [0.4, 0.5) is 0 Å². The van der Waals surface area contributed by atoms with E-state index < -0.39 is 15.9 Å². The van der Waals surface area contributed by atoms with Gasteiger partial charge >= 0.3 is 0 Å². The molecule has 1 fully saturated rings. The minimum Gasteiger partial charge on any atom is -0.393 e. The van der Waals surface area contributed by atoms with E-state index >= 15 is 0 Å². The highest BCUT2D eigenvalue weighted by Gasteiger charge is 2.29. The Morgan fingerprint density at radius 1 is 1.59 bits per heavy atom. The fraction of sp³-hybridized carbons (Fsp3) is 0.800. The topological polar surface area (TPSA) is 93.3 Å². The van der Waals surface area contributed by atoms with E-state index in [0.29, 0.717) is 31.0 Å². The number of aromatic nitrogens is 2. The highest BCUT2D eigenvalue weighted by Crippen LogP contribution is 2.21. The Labute approximate surface area is 99.9 Å². The van der Waals surface area contributed by atoms with Crippen molar-refractivity contribution >= 4 is 9.84 Å². The average molecular weight is 260 g/mol. The third-order valence-electron chi connectivity index (χ3n) is 2.78. The maximum absolute atomic E-state index is 11.3. The molecule has 0 radical (unpaired) electrons. The van der Waals surface area contributed by atoms with Crippen LogP contribution in [0.3, 0.4) is 0 Å². The normalized spacial score (nSPS) is 24.9. The van der Waals surface area contributed by atoms with Gasteiger partial charge in [0.1, 0.15) is 0 Å². The minimum atomic E-state index is -2.85. The molecule has 2 unspecified atom stereocenters. The molecule has 96 valence electrons. The Morgan fingerprint density at radius 3 is 2.94 bits per heavy atom. The van der Waals surface area contributed by atoms with Crippen molar-refractivity contribution in [2.24, 2.45) is 5.92 Å². The lowest BCUT2D eigenvalue weighted by Crippen LogP contribution is -2.09. The molecule has 0 aliphatic carbocycles. The van der Waals surface area contributed by atoms with Crippen molar-refractivity contribution in [1.29, 1.82) is 0 Å². The summed E-state index contributed by atoms with van der Waals surface area (Å²) in [6.45, 7) is 1.65. The van der Waals surface area contributed by atoms with Crippen LogP contribution in [-0.4, -0.2) is 41.3 Å². The molecule has 0 spiro atoms. The van der Waals surface area contributed by atoms with Crippen LogP contribution < -0.4 is 0 Å². The second-order valence-electron chi connectivity index (χ2n) is 4.63. The van der Waals surface area contributed by atoms with Crippen molar-refractivity contribution < 1.29 is 18.0 Å². The monoisotopic (exact) mass is 260 g/mol. The van der Waals surface area contributed by atoms with Gasteiger partial charge in [0.25, 0.3) is 0 Å². The van der Waals surface area contributed by atoms with Crippen LogP contribution in [0, 0.1) is 5.92 Å². The number of hydrogen-bond donors (Lipinski definition) is 1. The molecule has 1 aromatic rings. The SMILES string of the molecule is CC(O)Cc1nc(CC2CCS(=O)(=O)C2)no1. The summed E-state index contributed by atoms with van der Waals surface area (Å²) < 4.78 is 27.5. The molecule has 17 heavy (non-hydrogen) atoms. The van der Waals surface area contributed by atoms with Gasteiger partial charge in [0.2, 0.25) is 5.89 Å². The van der Waals surface area contributed by atoms with Crippen LogP contribution in [0.2, 0.25) is 0 Å². The van der Waals surface area contributed by atoms with E-state index in [9.17, 15) is 8.42 Å². The van der Waals surface area contributed by atoms with Crippen molar-refractivity contribution in [3.8, 4) is 0 Å². The Hall–Kier alpha value is -0.950. The Balaban J connectivity index is 1.93. The maximum Gasteiger partial charge on any atom is 0.229 e. The van der Waals surface area contributed by atoms with Crippen LogP contribution in [0.15, 0.2) is 4.52 Å². The molecule has 2 rings (SSSR count). The first-order valence-electron chi connectivity index (χ1n) is 5.64. The fourth-order valence-electron chi connectivity index (χ4n) is 2.00. The number of rotatable bonds is 4. The summed E-state index contributed by atoms with van der Waals surface area (Å²) in [5, 5.41) is 12.9. The van der Waals surface area contributed by atoms with E-state index in [1.165, 1.54) is 0 Å². The van der Waals surface area contributed by atoms with Gasteiger partial charge in [-0.2, -0.15) is 4.98 Å². The van der Waals surface area contributed by atoms with Gasteiger partial charge in [-0.1, -0.05) is 5.16 Å². The van der Waals surface area contributed by atoms with Crippen LogP contribution in [0.25, 0.3) is 0 Å². The third kappa shape index (κ3) is 3.50. The zero-order chi connectivity index (χ0) is 12.5. The van der Waals surface area contributed by atoms with Gasteiger partial charge in [0.15, 0.2) is 15.7 Å². The lowest BCUT2D eigenvalue weighted by atomic mass is 10.1. The van der Waals surface area contributed by atoms with E-state index in [1.807, 2.05) is 0 Å². The van der Waals surface area contributed by atoms with Gasteiger partial charge < -0.3 is 9.63 Å². The van der Waals surface area contributed by atoms with Crippen molar-refractivity contribution in [2.45, 2.75) is 32.3 Å². The molecule has 2 atom stereocenters. The third-order valence-corrected chi connectivity index (χ3v) is 4.62.